The van der Waals surface area contributed by atoms with Crippen LogP contribution in [-0.4, -0.2) is 22.5 Å². The maximum Gasteiger partial charge on any atom is 0.271 e. The van der Waals surface area contributed by atoms with Gasteiger partial charge in [-0.2, -0.15) is 0 Å². The Labute approximate surface area is 124 Å². The van der Waals surface area contributed by atoms with E-state index in [1.54, 1.807) is 0 Å². The normalized spacial score (nSPS) is 10.1. The summed E-state index contributed by atoms with van der Waals surface area (Å²) in [6, 6.07) is 7.72. The molecule has 1 N–H and O–H groups in total. The third-order valence-electron chi connectivity index (χ3n) is 2.94. The molecule has 1 amide bonds. The van der Waals surface area contributed by atoms with Crippen LogP contribution in [0.15, 0.2) is 42.9 Å². The molecule has 2 aromatic rings. The second-order valence-corrected chi connectivity index (χ2v) is 4.62. The van der Waals surface area contributed by atoms with Gasteiger partial charge in [0.15, 0.2) is 0 Å². The van der Waals surface area contributed by atoms with E-state index in [1.807, 2.05) is 24.3 Å². The number of unbranched alkanes of at least 4 members (excludes halogenated alkanes) is 1. The number of nitrogens with one attached hydrogen (secondary N) is 1. The number of rotatable bonds is 7. The molecule has 2 rings (SSSR count). The van der Waals surface area contributed by atoms with Crippen LogP contribution in [0.3, 0.4) is 0 Å². The predicted molar refractivity (Wildman–Crippen MR) is 80.0 cm³/mol. The summed E-state index contributed by atoms with van der Waals surface area (Å²) in [5.74, 6) is 0.624. The first-order valence-electron chi connectivity index (χ1n) is 7.05. The average Bonchev–Trinajstić information content (AvgIpc) is 2.55. The van der Waals surface area contributed by atoms with Crippen molar-refractivity contribution in [2.45, 2.75) is 26.3 Å². The first-order chi connectivity index (χ1) is 10.3. The quantitative estimate of drug-likeness (QED) is 0.794. The Morgan fingerprint density at radius 3 is 2.71 bits per heavy atom. The lowest BCUT2D eigenvalue weighted by Crippen LogP contribution is -2.23. The molecule has 1 aromatic carbocycles. The maximum absolute atomic E-state index is 11.8. The van der Waals surface area contributed by atoms with E-state index < -0.39 is 0 Å². The lowest BCUT2D eigenvalue weighted by Gasteiger charge is -2.07. The lowest BCUT2D eigenvalue weighted by atomic mass is 10.2. The largest absolute Gasteiger partial charge is 0.494 e. The molecule has 1 heterocycles. The van der Waals surface area contributed by atoms with Crippen LogP contribution in [-0.2, 0) is 6.54 Å². The molecule has 0 aliphatic heterocycles. The van der Waals surface area contributed by atoms with Crippen LogP contribution in [0.5, 0.6) is 5.75 Å². The van der Waals surface area contributed by atoms with Crippen LogP contribution in [0, 0.1) is 0 Å². The minimum absolute atomic E-state index is 0.230. The van der Waals surface area contributed by atoms with E-state index in [4.69, 9.17) is 4.74 Å². The summed E-state index contributed by atoms with van der Waals surface area (Å²) in [7, 11) is 0. The van der Waals surface area contributed by atoms with Gasteiger partial charge in [0.1, 0.15) is 11.4 Å². The molecule has 110 valence electrons. The molecule has 0 unspecified atom stereocenters. The highest BCUT2D eigenvalue weighted by molar-refractivity contribution is 5.91. The second kappa shape index (κ2) is 7.99. The lowest BCUT2D eigenvalue weighted by molar-refractivity contribution is 0.0945. The van der Waals surface area contributed by atoms with Crippen LogP contribution >= 0.6 is 0 Å². The third-order valence-corrected chi connectivity index (χ3v) is 2.94. The van der Waals surface area contributed by atoms with Gasteiger partial charge < -0.3 is 10.1 Å². The van der Waals surface area contributed by atoms with Crippen molar-refractivity contribution >= 4 is 5.91 Å². The molecule has 0 saturated heterocycles. The Kier molecular flexibility index (Phi) is 5.70. The van der Waals surface area contributed by atoms with Gasteiger partial charge in [0.2, 0.25) is 0 Å². The van der Waals surface area contributed by atoms with Crippen molar-refractivity contribution in [1.29, 1.82) is 0 Å². The molecule has 5 heteroatoms. The maximum atomic E-state index is 11.8. The van der Waals surface area contributed by atoms with Crippen molar-refractivity contribution in [1.82, 2.24) is 15.3 Å². The van der Waals surface area contributed by atoms with Crippen molar-refractivity contribution < 1.29 is 9.53 Å². The van der Waals surface area contributed by atoms with E-state index >= 15 is 0 Å². The van der Waals surface area contributed by atoms with E-state index in [-0.39, 0.29) is 5.91 Å². The van der Waals surface area contributed by atoms with Gasteiger partial charge in [-0.15, -0.1) is 0 Å². The SMILES string of the molecule is CCCCOc1ccc(CNC(=O)c2cnccn2)cc1. The Balaban J connectivity index is 1.82. The van der Waals surface area contributed by atoms with Gasteiger partial charge in [-0.05, 0) is 24.1 Å². The number of carbonyl (C=O) groups excluding carboxylic acids is 1. The van der Waals surface area contributed by atoms with E-state index in [1.165, 1.54) is 18.6 Å². The van der Waals surface area contributed by atoms with Crippen molar-refractivity contribution in [3.8, 4) is 5.75 Å². The fourth-order valence-corrected chi connectivity index (χ4v) is 1.73. The van der Waals surface area contributed by atoms with Gasteiger partial charge in [0.05, 0.1) is 12.8 Å². The Morgan fingerprint density at radius 2 is 2.05 bits per heavy atom. The van der Waals surface area contributed by atoms with Crippen molar-refractivity contribution in [2.75, 3.05) is 6.61 Å². The molecule has 0 bridgehead atoms. The number of hydrogen-bond acceptors (Lipinski definition) is 4. The molecule has 0 saturated carbocycles. The summed E-state index contributed by atoms with van der Waals surface area (Å²) in [6.07, 6.45) is 6.65. The molecule has 0 aliphatic rings. The Morgan fingerprint density at radius 1 is 1.24 bits per heavy atom. The van der Waals surface area contributed by atoms with Gasteiger partial charge in [-0.1, -0.05) is 25.5 Å². The number of nitrogens with zero attached hydrogens (tertiary/aromatic N) is 2. The molecule has 0 spiro atoms. The highest BCUT2D eigenvalue weighted by atomic mass is 16.5. The number of aromatic nitrogens is 2. The molecule has 21 heavy (non-hydrogen) atoms. The van der Waals surface area contributed by atoms with Crippen LogP contribution in [0.25, 0.3) is 0 Å². The Hall–Kier alpha value is -2.43. The molecular weight excluding hydrogens is 266 g/mol. The number of benzene rings is 1. The Bertz CT molecular complexity index is 555. The zero-order chi connectivity index (χ0) is 14.9. The van der Waals surface area contributed by atoms with E-state index in [0.29, 0.717) is 12.2 Å². The van der Waals surface area contributed by atoms with Gasteiger partial charge in [0, 0.05) is 18.9 Å². The molecule has 5 nitrogen and oxygen atoms in total. The summed E-state index contributed by atoms with van der Waals surface area (Å²) in [5.41, 5.74) is 1.33. The smallest absolute Gasteiger partial charge is 0.271 e. The standard InChI is InChI=1S/C16H19N3O2/c1-2-3-10-21-14-6-4-13(5-7-14)11-19-16(20)15-12-17-8-9-18-15/h4-9,12H,2-3,10-11H2,1H3,(H,19,20). The molecule has 0 aliphatic carbocycles. The summed E-state index contributed by atoms with van der Waals surface area (Å²) >= 11 is 0. The number of carbonyl (C=O) groups is 1. The summed E-state index contributed by atoms with van der Waals surface area (Å²) < 4.78 is 5.59. The fraction of sp³-hybridized carbons (Fsp3) is 0.312. The van der Waals surface area contributed by atoms with E-state index in [9.17, 15) is 4.79 Å². The predicted octanol–water partition coefficient (Wildman–Crippen LogP) is 2.59. The minimum Gasteiger partial charge on any atom is -0.494 e. The topological polar surface area (TPSA) is 64.1 Å². The number of ether oxygens (including phenoxy) is 1. The van der Waals surface area contributed by atoms with Crippen molar-refractivity contribution in [2.24, 2.45) is 0 Å². The van der Waals surface area contributed by atoms with Gasteiger partial charge in [0.25, 0.3) is 5.91 Å². The van der Waals surface area contributed by atoms with Crippen LogP contribution in [0.1, 0.15) is 35.8 Å². The molecule has 0 radical (unpaired) electrons. The van der Waals surface area contributed by atoms with Gasteiger partial charge in [-0.25, -0.2) is 4.98 Å². The molecule has 0 atom stereocenters. The molecule has 0 fully saturated rings. The molecule has 1 aromatic heterocycles. The van der Waals surface area contributed by atoms with Crippen molar-refractivity contribution in [3.63, 3.8) is 0 Å². The second-order valence-electron chi connectivity index (χ2n) is 4.62. The van der Waals surface area contributed by atoms with E-state index in [0.717, 1.165) is 30.8 Å². The third kappa shape index (κ3) is 4.87. The van der Waals surface area contributed by atoms with Gasteiger partial charge >= 0.3 is 0 Å². The van der Waals surface area contributed by atoms with Gasteiger partial charge in [-0.3, -0.25) is 9.78 Å². The van der Waals surface area contributed by atoms with Crippen LogP contribution < -0.4 is 10.1 Å². The zero-order valence-electron chi connectivity index (χ0n) is 12.1. The van der Waals surface area contributed by atoms with Crippen LogP contribution in [0.2, 0.25) is 0 Å². The first kappa shape index (κ1) is 15.0. The van der Waals surface area contributed by atoms with Crippen LogP contribution in [0.4, 0.5) is 0 Å². The average molecular weight is 285 g/mol. The minimum atomic E-state index is -0.230. The van der Waals surface area contributed by atoms with Crippen molar-refractivity contribution in [3.05, 3.63) is 54.1 Å². The number of amides is 1. The summed E-state index contributed by atoms with van der Waals surface area (Å²) in [4.78, 5) is 19.6. The zero-order valence-corrected chi connectivity index (χ0v) is 12.1. The summed E-state index contributed by atoms with van der Waals surface area (Å²) in [6.45, 7) is 3.32. The number of hydrogen-bond donors (Lipinski definition) is 1. The first-order valence-corrected chi connectivity index (χ1v) is 7.05. The highest BCUT2D eigenvalue weighted by Crippen LogP contribution is 2.12. The molecular formula is C16H19N3O2. The summed E-state index contributed by atoms with van der Waals surface area (Å²) in [5, 5.41) is 2.80. The fourth-order valence-electron chi connectivity index (χ4n) is 1.73. The monoisotopic (exact) mass is 285 g/mol. The van der Waals surface area contributed by atoms with E-state index in [2.05, 4.69) is 22.2 Å². The highest BCUT2D eigenvalue weighted by Gasteiger charge is 2.06.